The molecule has 1 aromatic carbocycles. The molecule has 0 spiro atoms. The summed E-state index contributed by atoms with van der Waals surface area (Å²) >= 11 is 1.48. The zero-order valence-electron chi connectivity index (χ0n) is 8.77. The summed E-state index contributed by atoms with van der Waals surface area (Å²) in [5, 5.41) is 3.73. The monoisotopic (exact) mass is 230 g/mol. The molecule has 0 atom stereocenters. The summed E-state index contributed by atoms with van der Waals surface area (Å²) in [6.07, 6.45) is 0.840. The SMILES string of the molecule is CC(=O)c1cccc(-c2cscc2C=O)c1. The molecule has 0 saturated carbocycles. The second kappa shape index (κ2) is 4.41. The van der Waals surface area contributed by atoms with Crippen LogP contribution in [-0.4, -0.2) is 12.1 Å². The van der Waals surface area contributed by atoms with Crippen molar-refractivity contribution in [2.24, 2.45) is 0 Å². The molecule has 0 radical (unpaired) electrons. The Labute approximate surface area is 97.5 Å². The highest BCUT2D eigenvalue weighted by Gasteiger charge is 2.07. The minimum absolute atomic E-state index is 0.0322. The minimum Gasteiger partial charge on any atom is -0.298 e. The number of aldehydes is 1. The van der Waals surface area contributed by atoms with E-state index in [1.165, 1.54) is 18.3 Å². The van der Waals surface area contributed by atoms with Gasteiger partial charge in [-0.2, -0.15) is 11.3 Å². The fourth-order valence-electron chi connectivity index (χ4n) is 1.54. The molecule has 0 saturated heterocycles. The highest BCUT2D eigenvalue weighted by atomic mass is 32.1. The van der Waals surface area contributed by atoms with E-state index in [0.717, 1.165) is 17.4 Å². The molecule has 0 unspecified atom stereocenters. The minimum atomic E-state index is 0.0322. The number of thiophene rings is 1. The first kappa shape index (κ1) is 10.8. The van der Waals surface area contributed by atoms with E-state index in [0.29, 0.717) is 11.1 Å². The molecule has 1 heterocycles. The molecule has 1 aromatic heterocycles. The molecule has 2 aromatic rings. The molecule has 0 aliphatic heterocycles. The van der Waals surface area contributed by atoms with Crippen LogP contribution >= 0.6 is 11.3 Å². The summed E-state index contributed by atoms with van der Waals surface area (Å²) in [5.41, 5.74) is 3.14. The predicted octanol–water partition coefficient (Wildman–Crippen LogP) is 3.43. The maximum atomic E-state index is 11.3. The lowest BCUT2D eigenvalue weighted by Crippen LogP contribution is -1.92. The van der Waals surface area contributed by atoms with E-state index in [4.69, 9.17) is 0 Å². The molecular formula is C13H10O2S. The van der Waals surface area contributed by atoms with Gasteiger partial charge in [-0.05, 0) is 23.9 Å². The van der Waals surface area contributed by atoms with Gasteiger partial charge in [0.2, 0.25) is 0 Å². The van der Waals surface area contributed by atoms with Gasteiger partial charge in [0.15, 0.2) is 12.1 Å². The summed E-state index contributed by atoms with van der Waals surface area (Å²) in [5.74, 6) is 0.0322. The molecule has 0 aliphatic rings. The molecular weight excluding hydrogens is 220 g/mol. The van der Waals surface area contributed by atoms with Crippen molar-refractivity contribution in [3.8, 4) is 11.1 Å². The Morgan fingerprint density at radius 3 is 2.81 bits per heavy atom. The lowest BCUT2D eigenvalue weighted by molar-refractivity contribution is 0.101. The van der Waals surface area contributed by atoms with E-state index in [2.05, 4.69) is 0 Å². The van der Waals surface area contributed by atoms with Gasteiger partial charge >= 0.3 is 0 Å². The summed E-state index contributed by atoms with van der Waals surface area (Å²) < 4.78 is 0. The van der Waals surface area contributed by atoms with Gasteiger partial charge in [-0.3, -0.25) is 9.59 Å². The lowest BCUT2D eigenvalue weighted by atomic mass is 10.0. The van der Waals surface area contributed by atoms with Gasteiger partial charge in [-0.1, -0.05) is 18.2 Å². The van der Waals surface area contributed by atoms with Crippen LogP contribution in [0.5, 0.6) is 0 Å². The first-order valence-corrected chi connectivity index (χ1v) is 5.79. The first-order chi connectivity index (χ1) is 7.72. The summed E-state index contributed by atoms with van der Waals surface area (Å²) in [4.78, 5) is 22.1. The average molecular weight is 230 g/mol. The number of carbonyl (C=O) groups excluding carboxylic acids is 2. The quantitative estimate of drug-likeness (QED) is 0.598. The van der Waals surface area contributed by atoms with Crippen molar-refractivity contribution in [1.82, 2.24) is 0 Å². The third-order valence-electron chi connectivity index (χ3n) is 2.40. The van der Waals surface area contributed by atoms with Crippen LogP contribution in [0.15, 0.2) is 35.0 Å². The second-order valence-corrected chi connectivity index (χ2v) is 4.24. The molecule has 3 heteroatoms. The van der Waals surface area contributed by atoms with Crippen LogP contribution < -0.4 is 0 Å². The van der Waals surface area contributed by atoms with Crippen molar-refractivity contribution >= 4 is 23.4 Å². The Bertz CT molecular complexity index is 540. The third-order valence-corrected chi connectivity index (χ3v) is 3.16. The molecule has 0 fully saturated rings. The van der Waals surface area contributed by atoms with Crippen LogP contribution in [0.4, 0.5) is 0 Å². The molecule has 2 rings (SSSR count). The van der Waals surface area contributed by atoms with Crippen molar-refractivity contribution in [2.75, 3.05) is 0 Å². The first-order valence-electron chi connectivity index (χ1n) is 4.85. The van der Waals surface area contributed by atoms with Gasteiger partial charge in [0.05, 0.1) is 0 Å². The van der Waals surface area contributed by atoms with Gasteiger partial charge in [-0.15, -0.1) is 0 Å². The number of benzene rings is 1. The van der Waals surface area contributed by atoms with Crippen LogP contribution in [-0.2, 0) is 0 Å². The Hall–Kier alpha value is -1.74. The smallest absolute Gasteiger partial charge is 0.159 e. The van der Waals surface area contributed by atoms with Gasteiger partial charge in [0, 0.05) is 22.1 Å². The standard InChI is InChI=1S/C13H10O2S/c1-9(15)10-3-2-4-11(5-10)13-8-16-7-12(13)6-14/h2-8H,1H3. The van der Waals surface area contributed by atoms with Crippen molar-refractivity contribution in [3.05, 3.63) is 46.2 Å². The molecule has 0 N–H and O–H groups in total. The fraction of sp³-hybridized carbons (Fsp3) is 0.0769. The number of ketones is 1. The Morgan fingerprint density at radius 2 is 2.12 bits per heavy atom. The fourth-order valence-corrected chi connectivity index (χ4v) is 2.34. The van der Waals surface area contributed by atoms with E-state index in [9.17, 15) is 9.59 Å². The number of hydrogen-bond acceptors (Lipinski definition) is 3. The van der Waals surface area contributed by atoms with Crippen LogP contribution in [0.1, 0.15) is 27.6 Å². The van der Waals surface area contributed by atoms with E-state index in [1.807, 2.05) is 29.0 Å². The number of hydrogen-bond donors (Lipinski definition) is 0. The number of rotatable bonds is 3. The van der Waals surface area contributed by atoms with Gasteiger partial charge < -0.3 is 0 Å². The zero-order chi connectivity index (χ0) is 11.5. The summed E-state index contributed by atoms with van der Waals surface area (Å²) in [7, 11) is 0. The van der Waals surface area contributed by atoms with Crippen molar-refractivity contribution in [2.45, 2.75) is 6.92 Å². The van der Waals surface area contributed by atoms with Gasteiger partial charge in [0.1, 0.15) is 0 Å². The van der Waals surface area contributed by atoms with Crippen LogP contribution in [0, 0.1) is 0 Å². The normalized spacial score (nSPS) is 10.1. The van der Waals surface area contributed by atoms with Crippen LogP contribution in [0.2, 0.25) is 0 Å². The predicted molar refractivity (Wildman–Crippen MR) is 65.1 cm³/mol. The highest BCUT2D eigenvalue weighted by molar-refractivity contribution is 7.08. The van der Waals surface area contributed by atoms with Crippen molar-refractivity contribution in [1.29, 1.82) is 0 Å². The molecule has 16 heavy (non-hydrogen) atoms. The van der Waals surface area contributed by atoms with Gasteiger partial charge in [0.25, 0.3) is 0 Å². The Kier molecular flexibility index (Phi) is 2.97. The van der Waals surface area contributed by atoms with Crippen molar-refractivity contribution < 1.29 is 9.59 Å². The largest absolute Gasteiger partial charge is 0.298 e. The van der Waals surface area contributed by atoms with Crippen molar-refractivity contribution in [3.63, 3.8) is 0 Å². The topological polar surface area (TPSA) is 34.1 Å². The molecule has 0 aliphatic carbocycles. The second-order valence-electron chi connectivity index (χ2n) is 3.50. The number of carbonyl (C=O) groups is 2. The lowest BCUT2D eigenvalue weighted by Gasteiger charge is -2.01. The molecule has 80 valence electrons. The van der Waals surface area contributed by atoms with E-state index in [-0.39, 0.29) is 5.78 Å². The Balaban J connectivity index is 2.52. The van der Waals surface area contributed by atoms with E-state index in [1.54, 1.807) is 6.07 Å². The van der Waals surface area contributed by atoms with E-state index >= 15 is 0 Å². The average Bonchev–Trinajstić information content (AvgIpc) is 2.77. The highest BCUT2D eigenvalue weighted by Crippen LogP contribution is 2.26. The summed E-state index contributed by atoms with van der Waals surface area (Å²) in [6, 6.07) is 7.33. The molecule has 0 amide bonds. The van der Waals surface area contributed by atoms with E-state index < -0.39 is 0 Å². The van der Waals surface area contributed by atoms with Crippen LogP contribution in [0.25, 0.3) is 11.1 Å². The van der Waals surface area contributed by atoms with Crippen LogP contribution in [0.3, 0.4) is 0 Å². The molecule has 0 bridgehead atoms. The maximum absolute atomic E-state index is 11.3. The maximum Gasteiger partial charge on any atom is 0.159 e. The molecule has 2 nitrogen and oxygen atoms in total. The number of Topliss-reactive ketones (excluding diaryl/α,β-unsaturated/α-hetero) is 1. The Morgan fingerprint density at radius 1 is 1.31 bits per heavy atom. The summed E-state index contributed by atoms with van der Waals surface area (Å²) in [6.45, 7) is 1.54. The third kappa shape index (κ3) is 1.95. The van der Waals surface area contributed by atoms with Gasteiger partial charge in [-0.25, -0.2) is 0 Å². The zero-order valence-corrected chi connectivity index (χ0v) is 9.58.